The van der Waals surface area contributed by atoms with Gasteiger partial charge in [0.25, 0.3) is 0 Å². The van der Waals surface area contributed by atoms with Crippen LogP contribution in [-0.2, 0) is 11.8 Å². The van der Waals surface area contributed by atoms with Gasteiger partial charge in [0.15, 0.2) is 5.78 Å². The first-order valence-corrected chi connectivity index (χ1v) is 7.29. The van der Waals surface area contributed by atoms with Crippen LogP contribution in [0.4, 0.5) is 0 Å². The van der Waals surface area contributed by atoms with Crippen LogP contribution in [0.15, 0.2) is 29.6 Å². The summed E-state index contributed by atoms with van der Waals surface area (Å²) < 4.78 is 0. The number of carbonyl (C=O) groups excluding carboxylic acids is 1. The second-order valence-electron chi connectivity index (χ2n) is 5.84. The first kappa shape index (κ1) is 13.9. The molecule has 19 heavy (non-hydrogen) atoms. The van der Waals surface area contributed by atoms with Crippen molar-refractivity contribution in [2.75, 3.05) is 0 Å². The number of nitrogens with zero attached hydrogens (tertiary/aromatic N) is 1. The number of benzene rings is 1. The van der Waals surface area contributed by atoms with Crippen molar-refractivity contribution in [3.05, 3.63) is 51.5 Å². The molecule has 0 unspecified atom stereocenters. The predicted octanol–water partition coefficient (Wildman–Crippen LogP) is 4.17. The summed E-state index contributed by atoms with van der Waals surface area (Å²) in [6.45, 7) is 8.42. The van der Waals surface area contributed by atoms with E-state index in [0.717, 1.165) is 16.3 Å². The molecule has 0 spiro atoms. The van der Waals surface area contributed by atoms with Crippen LogP contribution in [0, 0.1) is 6.92 Å². The van der Waals surface area contributed by atoms with E-state index in [-0.39, 0.29) is 11.2 Å². The lowest BCUT2D eigenvalue weighted by Crippen LogP contribution is -2.12. The van der Waals surface area contributed by atoms with Crippen LogP contribution >= 0.6 is 11.3 Å². The molecule has 0 aliphatic heterocycles. The van der Waals surface area contributed by atoms with E-state index in [1.165, 1.54) is 5.56 Å². The van der Waals surface area contributed by atoms with E-state index in [1.807, 2.05) is 31.2 Å². The van der Waals surface area contributed by atoms with Gasteiger partial charge < -0.3 is 0 Å². The lowest BCUT2D eigenvalue weighted by molar-refractivity contribution is 0.0993. The Balaban J connectivity index is 2.11. The molecule has 0 aliphatic carbocycles. The lowest BCUT2D eigenvalue weighted by Gasteiger charge is -2.14. The molecule has 100 valence electrons. The Morgan fingerprint density at radius 1 is 1.21 bits per heavy atom. The molecule has 2 nitrogen and oxygen atoms in total. The van der Waals surface area contributed by atoms with E-state index >= 15 is 0 Å². The topological polar surface area (TPSA) is 30.0 Å². The third-order valence-electron chi connectivity index (χ3n) is 3.01. The maximum absolute atomic E-state index is 12.2. The number of Topliss-reactive ketones (excluding diaryl/α,β-unsaturated/α-hetero) is 1. The molecular formula is C16H19NOS. The van der Waals surface area contributed by atoms with Crippen LogP contribution in [0.3, 0.4) is 0 Å². The number of carbonyl (C=O) groups is 1. The van der Waals surface area contributed by atoms with Crippen LogP contribution in [0.25, 0.3) is 0 Å². The zero-order valence-electron chi connectivity index (χ0n) is 11.9. The maximum Gasteiger partial charge on any atom is 0.169 e. The predicted molar refractivity (Wildman–Crippen MR) is 80.0 cm³/mol. The fraction of sp³-hybridized carbons (Fsp3) is 0.375. The second kappa shape index (κ2) is 5.25. The lowest BCUT2D eigenvalue weighted by atomic mass is 9.93. The first-order valence-electron chi connectivity index (χ1n) is 6.41. The number of hydrogen-bond donors (Lipinski definition) is 0. The molecule has 1 aromatic heterocycles. The van der Waals surface area contributed by atoms with Gasteiger partial charge in [0.1, 0.15) is 5.01 Å². The fourth-order valence-corrected chi connectivity index (χ4v) is 2.73. The molecule has 2 aromatic rings. The normalized spacial score (nSPS) is 11.6. The van der Waals surface area contributed by atoms with Crippen molar-refractivity contribution in [1.82, 2.24) is 4.98 Å². The van der Waals surface area contributed by atoms with Gasteiger partial charge in [-0.1, -0.05) is 50.6 Å². The SMILES string of the molecule is Cc1ccc(C(=O)Cc2nc(C(C)(C)C)cs2)cc1. The quantitative estimate of drug-likeness (QED) is 0.785. The largest absolute Gasteiger partial charge is 0.294 e. The standard InChI is InChI=1S/C16H19NOS/c1-11-5-7-12(8-6-11)13(18)9-15-17-14(10-19-15)16(2,3)4/h5-8,10H,9H2,1-4H3. The minimum absolute atomic E-state index is 0.0433. The summed E-state index contributed by atoms with van der Waals surface area (Å²) in [5.74, 6) is 0.134. The van der Waals surface area contributed by atoms with Crippen LogP contribution in [0.2, 0.25) is 0 Å². The molecule has 0 saturated carbocycles. The molecule has 3 heteroatoms. The van der Waals surface area contributed by atoms with Gasteiger partial charge in [0, 0.05) is 16.4 Å². The Kier molecular flexibility index (Phi) is 3.85. The van der Waals surface area contributed by atoms with E-state index in [1.54, 1.807) is 11.3 Å². The van der Waals surface area contributed by atoms with Gasteiger partial charge in [-0.15, -0.1) is 11.3 Å². The molecule has 0 N–H and O–H groups in total. The molecule has 0 radical (unpaired) electrons. The highest BCUT2D eigenvalue weighted by Crippen LogP contribution is 2.24. The zero-order valence-corrected chi connectivity index (χ0v) is 12.7. The van der Waals surface area contributed by atoms with Crippen LogP contribution in [0.5, 0.6) is 0 Å². The van der Waals surface area contributed by atoms with Crippen molar-refractivity contribution in [3.8, 4) is 0 Å². The van der Waals surface area contributed by atoms with Crippen LogP contribution in [-0.4, -0.2) is 10.8 Å². The van der Waals surface area contributed by atoms with Crippen molar-refractivity contribution < 1.29 is 4.79 Å². The molecule has 0 fully saturated rings. The summed E-state index contributed by atoms with van der Waals surface area (Å²) in [4.78, 5) is 16.7. The summed E-state index contributed by atoms with van der Waals surface area (Å²) in [7, 11) is 0. The van der Waals surface area contributed by atoms with Crippen molar-refractivity contribution in [1.29, 1.82) is 0 Å². The second-order valence-corrected chi connectivity index (χ2v) is 6.79. The third kappa shape index (κ3) is 3.51. The van der Waals surface area contributed by atoms with Crippen molar-refractivity contribution in [2.45, 2.75) is 39.5 Å². The number of aromatic nitrogens is 1. The Bertz CT molecular complexity index is 576. The first-order chi connectivity index (χ1) is 8.86. The molecule has 0 atom stereocenters. The van der Waals surface area contributed by atoms with E-state index in [2.05, 4.69) is 31.1 Å². The molecule has 0 amide bonds. The molecule has 0 saturated heterocycles. The minimum Gasteiger partial charge on any atom is -0.294 e. The Morgan fingerprint density at radius 3 is 2.37 bits per heavy atom. The monoisotopic (exact) mass is 273 g/mol. The highest BCUT2D eigenvalue weighted by atomic mass is 32.1. The summed E-state index contributed by atoms with van der Waals surface area (Å²) in [6.07, 6.45) is 0.393. The Morgan fingerprint density at radius 2 is 1.84 bits per heavy atom. The fourth-order valence-electron chi connectivity index (χ4n) is 1.72. The summed E-state index contributed by atoms with van der Waals surface area (Å²) in [5, 5.41) is 2.95. The molecule has 0 bridgehead atoms. The smallest absolute Gasteiger partial charge is 0.169 e. The van der Waals surface area contributed by atoms with Gasteiger partial charge in [-0.05, 0) is 6.92 Å². The number of ketones is 1. The average molecular weight is 273 g/mol. The van der Waals surface area contributed by atoms with E-state index < -0.39 is 0 Å². The highest BCUT2D eigenvalue weighted by molar-refractivity contribution is 7.09. The van der Waals surface area contributed by atoms with Crippen molar-refractivity contribution >= 4 is 17.1 Å². The molecule has 1 aromatic carbocycles. The van der Waals surface area contributed by atoms with Gasteiger partial charge in [-0.3, -0.25) is 4.79 Å². The van der Waals surface area contributed by atoms with Gasteiger partial charge in [0.05, 0.1) is 12.1 Å². The molecule has 0 aliphatic rings. The summed E-state index contributed by atoms with van der Waals surface area (Å²) in [5.41, 5.74) is 3.03. The Labute approximate surface area is 118 Å². The van der Waals surface area contributed by atoms with Crippen molar-refractivity contribution in [2.24, 2.45) is 0 Å². The van der Waals surface area contributed by atoms with Gasteiger partial charge in [-0.2, -0.15) is 0 Å². The minimum atomic E-state index is 0.0433. The van der Waals surface area contributed by atoms with Crippen molar-refractivity contribution in [3.63, 3.8) is 0 Å². The van der Waals surface area contributed by atoms with E-state index in [0.29, 0.717) is 6.42 Å². The number of rotatable bonds is 3. The molecule has 2 rings (SSSR count). The zero-order chi connectivity index (χ0) is 14.0. The summed E-state index contributed by atoms with van der Waals surface area (Å²) in [6, 6.07) is 7.71. The van der Waals surface area contributed by atoms with E-state index in [4.69, 9.17) is 0 Å². The molecule has 1 heterocycles. The summed E-state index contributed by atoms with van der Waals surface area (Å²) >= 11 is 1.57. The number of thiazole rings is 1. The van der Waals surface area contributed by atoms with Gasteiger partial charge in [-0.25, -0.2) is 4.98 Å². The maximum atomic E-state index is 12.2. The van der Waals surface area contributed by atoms with Gasteiger partial charge >= 0.3 is 0 Å². The van der Waals surface area contributed by atoms with E-state index in [9.17, 15) is 4.79 Å². The Hall–Kier alpha value is -1.48. The average Bonchev–Trinajstić information content (AvgIpc) is 2.78. The van der Waals surface area contributed by atoms with Crippen LogP contribution < -0.4 is 0 Å². The molecular weight excluding hydrogens is 254 g/mol. The van der Waals surface area contributed by atoms with Crippen LogP contribution in [0.1, 0.15) is 47.4 Å². The van der Waals surface area contributed by atoms with Gasteiger partial charge in [0.2, 0.25) is 0 Å². The number of hydrogen-bond acceptors (Lipinski definition) is 3. The number of aryl methyl sites for hydroxylation is 1. The highest BCUT2D eigenvalue weighted by Gasteiger charge is 2.18. The third-order valence-corrected chi connectivity index (χ3v) is 3.85.